The van der Waals surface area contributed by atoms with Gasteiger partial charge in [0.2, 0.25) is 0 Å². The molecule has 16 heavy (non-hydrogen) atoms. The van der Waals surface area contributed by atoms with Crippen LogP contribution in [0.25, 0.3) is 11.3 Å². The van der Waals surface area contributed by atoms with Gasteiger partial charge in [0, 0.05) is 18.2 Å². The highest BCUT2D eigenvalue weighted by Crippen LogP contribution is 2.24. The zero-order valence-electron chi connectivity index (χ0n) is 9.02. The highest BCUT2D eigenvalue weighted by Gasteiger charge is 2.21. The fourth-order valence-electron chi connectivity index (χ4n) is 1.75. The monoisotopic (exact) mass is 214 g/mol. The lowest BCUT2D eigenvalue weighted by Gasteiger charge is -2.02. The molecule has 1 aliphatic carbocycles. The molecule has 1 N–H and O–H groups in total. The molecule has 3 rings (SSSR count). The molecule has 1 aromatic carbocycles. The lowest BCUT2D eigenvalue weighted by atomic mass is 10.1. The van der Waals surface area contributed by atoms with Crippen molar-refractivity contribution in [3.63, 3.8) is 0 Å². The van der Waals surface area contributed by atoms with Gasteiger partial charge in [-0.25, -0.2) is 4.98 Å². The van der Waals surface area contributed by atoms with Gasteiger partial charge in [-0.2, -0.15) is 0 Å². The summed E-state index contributed by atoms with van der Waals surface area (Å²) in [6.07, 6.45) is 4.10. The van der Waals surface area contributed by atoms with Gasteiger partial charge in [0.05, 0.1) is 0 Å². The first-order valence-electron chi connectivity index (χ1n) is 5.64. The summed E-state index contributed by atoms with van der Waals surface area (Å²) in [7, 11) is 0. The van der Waals surface area contributed by atoms with Gasteiger partial charge in [0.1, 0.15) is 5.69 Å². The van der Waals surface area contributed by atoms with E-state index in [9.17, 15) is 0 Å². The van der Waals surface area contributed by atoms with Gasteiger partial charge in [0.15, 0.2) is 12.2 Å². The first kappa shape index (κ1) is 9.60. The summed E-state index contributed by atoms with van der Waals surface area (Å²) in [5, 5.41) is 3.45. The number of rotatable bonds is 4. The average molecular weight is 214 g/mol. The highest BCUT2D eigenvalue weighted by molar-refractivity contribution is 5.59. The van der Waals surface area contributed by atoms with Crippen LogP contribution in [0.4, 0.5) is 0 Å². The Morgan fingerprint density at radius 2 is 2.06 bits per heavy atom. The van der Waals surface area contributed by atoms with Crippen LogP contribution in [0, 0.1) is 0 Å². The topological polar surface area (TPSA) is 38.1 Å². The first-order valence-corrected chi connectivity index (χ1v) is 5.64. The third-order valence-corrected chi connectivity index (χ3v) is 2.81. The molecule has 0 atom stereocenters. The molecule has 0 spiro atoms. The van der Waals surface area contributed by atoms with Crippen molar-refractivity contribution in [2.24, 2.45) is 0 Å². The maximum atomic E-state index is 5.45. The molecule has 1 fully saturated rings. The Morgan fingerprint density at radius 1 is 1.25 bits per heavy atom. The fourth-order valence-corrected chi connectivity index (χ4v) is 1.75. The maximum Gasteiger partial charge on any atom is 0.181 e. The van der Waals surface area contributed by atoms with E-state index in [2.05, 4.69) is 10.3 Å². The van der Waals surface area contributed by atoms with Crippen LogP contribution in [0.15, 0.2) is 41.1 Å². The van der Waals surface area contributed by atoms with E-state index in [1.807, 2.05) is 30.3 Å². The molecule has 1 saturated carbocycles. The number of hydrogen-bond donors (Lipinski definition) is 1. The van der Waals surface area contributed by atoms with Crippen LogP contribution in [-0.4, -0.2) is 11.0 Å². The molecule has 0 saturated heterocycles. The Balaban J connectivity index is 1.81. The van der Waals surface area contributed by atoms with Gasteiger partial charge in [0.25, 0.3) is 0 Å². The van der Waals surface area contributed by atoms with Crippen molar-refractivity contribution in [1.82, 2.24) is 10.3 Å². The van der Waals surface area contributed by atoms with Crippen molar-refractivity contribution in [1.29, 1.82) is 0 Å². The fraction of sp³-hybridized carbons (Fsp3) is 0.308. The lowest BCUT2D eigenvalue weighted by Crippen LogP contribution is -2.15. The second kappa shape index (κ2) is 4.10. The standard InChI is InChI=1S/C13H14N2O/c1-2-4-10(5-3-1)13-12(15-9-16-13)8-14-11-6-7-11/h1-5,9,11,14H,6-8H2. The van der Waals surface area contributed by atoms with Gasteiger partial charge >= 0.3 is 0 Å². The predicted molar refractivity (Wildman–Crippen MR) is 61.8 cm³/mol. The molecule has 1 aromatic heterocycles. The van der Waals surface area contributed by atoms with Gasteiger partial charge in [-0.05, 0) is 12.8 Å². The molecule has 0 radical (unpaired) electrons. The molecule has 1 aliphatic rings. The van der Waals surface area contributed by atoms with Crippen LogP contribution in [0.5, 0.6) is 0 Å². The number of hydrogen-bond acceptors (Lipinski definition) is 3. The Kier molecular flexibility index (Phi) is 2.46. The van der Waals surface area contributed by atoms with E-state index in [4.69, 9.17) is 4.42 Å². The lowest BCUT2D eigenvalue weighted by molar-refractivity contribution is 0.569. The largest absolute Gasteiger partial charge is 0.443 e. The van der Waals surface area contributed by atoms with Crippen molar-refractivity contribution in [3.8, 4) is 11.3 Å². The van der Waals surface area contributed by atoms with Crippen LogP contribution in [0.3, 0.4) is 0 Å². The molecule has 2 aromatic rings. The molecule has 0 amide bonds. The van der Waals surface area contributed by atoms with E-state index >= 15 is 0 Å². The van der Waals surface area contributed by atoms with Crippen LogP contribution in [0.1, 0.15) is 18.5 Å². The first-order chi connectivity index (χ1) is 7.93. The summed E-state index contributed by atoms with van der Waals surface area (Å²) >= 11 is 0. The van der Waals surface area contributed by atoms with Crippen LogP contribution in [-0.2, 0) is 6.54 Å². The number of aromatic nitrogens is 1. The summed E-state index contributed by atoms with van der Waals surface area (Å²) in [5.41, 5.74) is 2.09. The minimum atomic E-state index is 0.695. The number of benzene rings is 1. The molecule has 0 unspecified atom stereocenters. The maximum absolute atomic E-state index is 5.45. The second-order valence-electron chi connectivity index (χ2n) is 4.15. The second-order valence-corrected chi connectivity index (χ2v) is 4.15. The summed E-state index contributed by atoms with van der Waals surface area (Å²) in [6, 6.07) is 10.8. The third kappa shape index (κ3) is 1.99. The Morgan fingerprint density at radius 3 is 2.81 bits per heavy atom. The van der Waals surface area contributed by atoms with E-state index < -0.39 is 0 Å². The van der Waals surface area contributed by atoms with Gasteiger partial charge in [-0.15, -0.1) is 0 Å². The molecule has 0 aliphatic heterocycles. The zero-order valence-corrected chi connectivity index (χ0v) is 9.02. The van der Waals surface area contributed by atoms with Crippen molar-refractivity contribution in [2.45, 2.75) is 25.4 Å². The average Bonchev–Trinajstić information content (AvgIpc) is 3.05. The van der Waals surface area contributed by atoms with Crippen molar-refractivity contribution in [2.75, 3.05) is 0 Å². The molecule has 0 bridgehead atoms. The summed E-state index contributed by atoms with van der Waals surface area (Å²) in [6.45, 7) is 0.797. The van der Waals surface area contributed by atoms with Crippen molar-refractivity contribution < 1.29 is 4.42 Å². The summed E-state index contributed by atoms with van der Waals surface area (Å²) in [4.78, 5) is 4.26. The van der Waals surface area contributed by atoms with Gasteiger partial charge < -0.3 is 9.73 Å². The minimum absolute atomic E-state index is 0.695. The zero-order chi connectivity index (χ0) is 10.8. The smallest absolute Gasteiger partial charge is 0.181 e. The number of nitrogens with zero attached hydrogens (tertiary/aromatic N) is 1. The van der Waals surface area contributed by atoms with E-state index in [-0.39, 0.29) is 0 Å². The molecule has 82 valence electrons. The van der Waals surface area contributed by atoms with Gasteiger partial charge in [-0.1, -0.05) is 30.3 Å². The van der Waals surface area contributed by atoms with Crippen molar-refractivity contribution in [3.05, 3.63) is 42.4 Å². The molecule has 3 nitrogen and oxygen atoms in total. The van der Waals surface area contributed by atoms with Crippen LogP contribution < -0.4 is 5.32 Å². The van der Waals surface area contributed by atoms with E-state index in [1.54, 1.807) is 0 Å². The Labute approximate surface area is 94.5 Å². The SMILES string of the molecule is c1ccc(-c2ocnc2CNC2CC2)cc1. The third-order valence-electron chi connectivity index (χ3n) is 2.81. The van der Waals surface area contributed by atoms with E-state index in [0.717, 1.165) is 23.6 Å². The van der Waals surface area contributed by atoms with Crippen LogP contribution >= 0.6 is 0 Å². The minimum Gasteiger partial charge on any atom is -0.443 e. The molecular weight excluding hydrogens is 200 g/mol. The summed E-state index contributed by atoms with van der Waals surface area (Å²) < 4.78 is 5.45. The van der Waals surface area contributed by atoms with Crippen LogP contribution in [0.2, 0.25) is 0 Å². The summed E-state index contributed by atoms with van der Waals surface area (Å²) in [5.74, 6) is 0.883. The quantitative estimate of drug-likeness (QED) is 0.850. The normalized spacial score (nSPS) is 15.2. The Bertz CT molecular complexity index is 460. The number of oxazole rings is 1. The van der Waals surface area contributed by atoms with E-state index in [1.165, 1.54) is 19.2 Å². The molecule has 1 heterocycles. The highest BCUT2D eigenvalue weighted by atomic mass is 16.3. The molecule has 3 heteroatoms. The Hall–Kier alpha value is -1.61. The van der Waals surface area contributed by atoms with Crippen molar-refractivity contribution >= 4 is 0 Å². The predicted octanol–water partition coefficient (Wildman–Crippen LogP) is 2.59. The molecular formula is C13H14N2O. The van der Waals surface area contributed by atoms with Gasteiger partial charge in [-0.3, -0.25) is 0 Å². The number of nitrogens with one attached hydrogen (secondary N) is 1. The van der Waals surface area contributed by atoms with E-state index in [0.29, 0.717) is 6.04 Å².